The molecular formula is C18H19N5O2S. The Labute approximate surface area is 155 Å². The minimum absolute atomic E-state index is 0.0250. The average molecular weight is 369 g/mol. The standard InChI is InChI=1S/C18H19N5O2S/c1-10-16(12(3)25-22-10)14-8-19-7-13(21-14)15-5-4-6-23(15)18(24)17-11(2)20-9-26-17/h7-9,15H,4-6H2,1-3H3/t15-/m1/s1. The predicted octanol–water partition coefficient (Wildman–Crippen LogP) is 3.49. The molecule has 0 radical (unpaired) electrons. The molecule has 134 valence electrons. The van der Waals surface area contributed by atoms with Crippen LogP contribution >= 0.6 is 11.3 Å². The molecule has 4 rings (SSSR count). The van der Waals surface area contributed by atoms with E-state index in [0.717, 1.165) is 47.7 Å². The second-order valence-electron chi connectivity index (χ2n) is 6.45. The van der Waals surface area contributed by atoms with E-state index in [0.29, 0.717) is 10.6 Å². The van der Waals surface area contributed by atoms with Crippen molar-refractivity contribution in [3.63, 3.8) is 0 Å². The molecule has 3 aromatic rings. The van der Waals surface area contributed by atoms with Gasteiger partial charge in [0.05, 0.1) is 52.3 Å². The van der Waals surface area contributed by atoms with Crippen LogP contribution < -0.4 is 0 Å². The average Bonchev–Trinajstić information content (AvgIpc) is 3.35. The Morgan fingerprint density at radius 3 is 2.81 bits per heavy atom. The molecule has 0 aromatic carbocycles. The number of hydrogen-bond acceptors (Lipinski definition) is 7. The van der Waals surface area contributed by atoms with Crippen LogP contribution in [-0.2, 0) is 0 Å². The summed E-state index contributed by atoms with van der Waals surface area (Å²) in [7, 11) is 0. The van der Waals surface area contributed by atoms with Crippen LogP contribution in [-0.4, -0.2) is 37.5 Å². The third-order valence-electron chi connectivity index (χ3n) is 4.74. The molecule has 1 saturated heterocycles. The van der Waals surface area contributed by atoms with E-state index in [1.807, 2.05) is 25.7 Å². The second-order valence-corrected chi connectivity index (χ2v) is 7.31. The van der Waals surface area contributed by atoms with Gasteiger partial charge >= 0.3 is 0 Å². The second kappa shape index (κ2) is 6.60. The SMILES string of the molecule is Cc1ncsc1C(=O)N1CCC[C@@H]1c1cncc(-c2c(C)noc2C)n1. The van der Waals surface area contributed by atoms with Crippen LogP contribution in [0.4, 0.5) is 0 Å². The van der Waals surface area contributed by atoms with Gasteiger partial charge in [-0.1, -0.05) is 5.16 Å². The molecule has 1 atom stereocenters. The normalized spacial score (nSPS) is 17.0. The molecule has 0 unspecified atom stereocenters. The van der Waals surface area contributed by atoms with Gasteiger partial charge in [-0.25, -0.2) is 9.97 Å². The van der Waals surface area contributed by atoms with Crippen LogP contribution in [0.1, 0.15) is 51.4 Å². The summed E-state index contributed by atoms with van der Waals surface area (Å²) in [6.45, 7) is 6.34. The van der Waals surface area contributed by atoms with E-state index in [4.69, 9.17) is 9.51 Å². The van der Waals surface area contributed by atoms with Crippen LogP contribution in [0.2, 0.25) is 0 Å². The van der Waals surface area contributed by atoms with Crippen LogP contribution in [0.25, 0.3) is 11.3 Å². The topological polar surface area (TPSA) is 85.0 Å². The van der Waals surface area contributed by atoms with E-state index in [2.05, 4.69) is 15.1 Å². The highest BCUT2D eigenvalue weighted by Gasteiger charge is 2.33. The van der Waals surface area contributed by atoms with E-state index in [1.54, 1.807) is 17.9 Å². The number of likely N-dealkylation sites (tertiary alicyclic amines) is 1. The monoisotopic (exact) mass is 369 g/mol. The maximum Gasteiger partial charge on any atom is 0.266 e. The molecule has 8 heteroatoms. The number of aromatic nitrogens is 4. The fourth-order valence-electron chi connectivity index (χ4n) is 3.47. The summed E-state index contributed by atoms with van der Waals surface area (Å²) in [5, 5.41) is 3.99. The van der Waals surface area contributed by atoms with Crippen LogP contribution in [0.5, 0.6) is 0 Å². The van der Waals surface area contributed by atoms with Gasteiger partial charge < -0.3 is 9.42 Å². The summed E-state index contributed by atoms with van der Waals surface area (Å²) in [6.07, 6.45) is 5.29. The maximum atomic E-state index is 13.0. The fourth-order valence-corrected chi connectivity index (χ4v) is 4.22. The lowest BCUT2D eigenvalue weighted by molar-refractivity contribution is 0.0736. The third kappa shape index (κ3) is 2.80. The highest BCUT2D eigenvalue weighted by Crippen LogP contribution is 2.34. The third-order valence-corrected chi connectivity index (χ3v) is 5.65. The molecule has 1 fully saturated rings. The molecule has 26 heavy (non-hydrogen) atoms. The summed E-state index contributed by atoms with van der Waals surface area (Å²) in [4.78, 5) is 28.9. The minimum Gasteiger partial charge on any atom is -0.361 e. The molecule has 4 heterocycles. The fraction of sp³-hybridized carbons (Fsp3) is 0.389. The number of carbonyl (C=O) groups excluding carboxylic acids is 1. The van der Waals surface area contributed by atoms with Crippen LogP contribution in [0.15, 0.2) is 22.4 Å². The zero-order chi connectivity index (χ0) is 18.3. The van der Waals surface area contributed by atoms with E-state index >= 15 is 0 Å². The van der Waals surface area contributed by atoms with Gasteiger partial charge in [0.2, 0.25) is 0 Å². The lowest BCUT2D eigenvalue weighted by Crippen LogP contribution is -2.31. The Balaban J connectivity index is 1.68. The molecule has 1 aliphatic rings. The van der Waals surface area contributed by atoms with Gasteiger partial charge in [-0.05, 0) is 33.6 Å². The van der Waals surface area contributed by atoms with Gasteiger partial charge in [-0.3, -0.25) is 9.78 Å². The molecule has 1 aliphatic heterocycles. The first-order valence-corrected chi connectivity index (χ1v) is 9.40. The van der Waals surface area contributed by atoms with Gasteiger partial charge in [0.15, 0.2) is 0 Å². The zero-order valence-corrected chi connectivity index (χ0v) is 15.7. The number of nitrogens with zero attached hydrogens (tertiary/aromatic N) is 5. The summed E-state index contributed by atoms with van der Waals surface area (Å²) >= 11 is 1.39. The van der Waals surface area contributed by atoms with Gasteiger partial charge in [0.1, 0.15) is 10.6 Å². The first-order chi connectivity index (χ1) is 12.6. The summed E-state index contributed by atoms with van der Waals surface area (Å²) in [5.41, 5.74) is 5.68. The summed E-state index contributed by atoms with van der Waals surface area (Å²) in [6, 6.07) is -0.0723. The van der Waals surface area contributed by atoms with E-state index in [1.165, 1.54) is 11.3 Å². The Morgan fingerprint density at radius 2 is 2.12 bits per heavy atom. The number of hydrogen-bond donors (Lipinski definition) is 0. The zero-order valence-electron chi connectivity index (χ0n) is 14.9. The molecular weight excluding hydrogens is 350 g/mol. The molecule has 7 nitrogen and oxygen atoms in total. The van der Waals surface area contributed by atoms with Gasteiger partial charge in [0, 0.05) is 6.54 Å². The van der Waals surface area contributed by atoms with Crippen molar-refractivity contribution in [3.05, 3.63) is 45.6 Å². The lowest BCUT2D eigenvalue weighted by Gasteiger charge is -2.24. The summed E-state index contributed by atoms with van der Waals surface area (Å²) < 4.78 is 5.25. The number of rotatable bonds is 3. The molecule has 1 amide bonds. The molecule has 0 spiro atoms. The minimum atomic E-state index is -0.0723. The maximum absolute atomic E-state index is 13.0. The largest absolute Gasteiger partial charge is 0.361 e. The molecule has 0 saturated carbocycles. The Bertz CT molecular complexity index is 945. The number of carbonyl (C=O) groups is 1. The van der Waals surface area contributed by atoms with Crippen molar-refractivity contribution in [1.82, 2.24) is 25.0 Å². The Morgan fingerprint density at radius 1 is 1.27 bits per heavy atom. The van der Waals surface area contributed by atoms with E-state index in [-0.39, 0.29) is 11.9 Å². The molecule has 0 aliphatic carbocycles. The van der Waals surface area contributed by atoms with E-state index in [9.17, 15) is 4.79 Å². The Hall–Kier alpha value is -2.61. The lowest BCUT2D eigenvalue weighted by atomic mass is 10.1. The number of amides is 1. The first-order valence-electron chi connectivity index (χ1n) is 8.52. The summed E-state index contributed by atoms with van der Waals surface area (Å²) in [5.74, 6) is 0.741. The van der Waals surface area contributed by atoms with Gasteiger partial charge in [-0.15, -0.1) is 11.3 Å². The van der Waals surface area contributed by atoms with Crippen molar-refractivity contribution in [2.45, 2.75) is 39.7 Å². The predicted molar refractivity (Wildman–Crippen MR) is 96.9 cm³/mol. The first kappa shape index (κ1) is 16.8. The van der Waals surface area contributed by atoms with Crippen molar-refractivity contribution in [3.8, 4) is 11.3 Å². The molecule has 0 bridgehead atoms. The van der Waals surface area contributed by atoms with Crippen LogP contribution in [0.3, 0.4) is 0 Å². The number of thiazole rings is 1. The Kier molecular flexibility index (Phi) is 4.28. The highest BCUT2D eigenvalue weighted by molar-refractivity contribution is 7.11. The van der Waals surface area contributed by atoms with Crippen molar-refractivity contribution in [2.24, 2.45) is 0 Å². The highest BCUT2D eigenvalue weighted by atomic mass is 32.1. The molecule has 0 N–H and O–H groups in total. The quantitative estimate of drug-likeness (QED) is 0.702. The van der Waals surface area contributed by atoms with Gasteiger partial charge in [-0.2, -0.15) is 0 Å². The smallest absolute Gasteiger partial charge is 0.266 e. The van der Waals surface area contributed by atoms with E-state index < -0.39 is 0 Å². The van der Waals surface area contributed by atoms with Crippen molar-refractivity contribution in [2.75, 3.05) is 6.54 Å². The number of aryl methyl sites for hydroxylation is 3. The van der Waals surface area contributed by atoms with Crippen molar-refractivity contribution in [1.29, 1.82) is 0 Å². The van der Waals surface area contributed by atoms with Crippen LogP contribution in [0, 0.1) is 20.8 Å². The van der Waals surface area contributed by atoms with Crippen molar-refractivity contribution >= 4 is 17.2 Å². The molecule has 3 aromatic heterocycles. The van der Waals surface area contributed by atoms with Gasteiger partial charge in [0.25, 0.3) is 5.91 Å². The van der Waals surface area contributed by atoms with Crippen molar-refractivity contribution < 1.29 is 9.32 Å².